The van der Waals surface area contributed by atoms with Gasteiger partial charge in [0.15, 0.2) is 0 Å². The average Bonchev–Trinajstić information content (AvgIpc) is 2.87. The summed E-state index contributed by atoms with van der Waals surface area (Å²) < 4.78 is 6.35. The predicted molar refractivity (Wildman–Crippen MR) is 139 cm³/mol. The second-order valence-electron chi connectivity index (χ2n) is 10.4. The van der Waals surface area contributed by atoms with E-state index in [1.165, 1.54) is 102 Å². The molecule has 0 atom stereocenters. The lowest BCUT2D eigenvalue weighted by Gasteiger charge is -2.32. The van der Waals surface area contributed by atoms with Crippen LogP contribution < -0.4 is 0 Å². The van der Waals surface area contributed by atoms with Crippen molar-refractivity contribution in [2.45, 2.75) is 109 Å². The van der Waals surface area contributed by atoms with E-state index in [9.17, 15) is 0 Å². The smallest absolute Gasteiger partial charge is 0.0912 e. The molecule has 2 nitrogen and oxygen atoms in total. The van der Waals surface area contributed by atoms with E-state index in [1.54, 1.807) is 5.56 Å². The molecule has 0 heterocycles. The summed E-state index contributed by atoms with van der Waals surface area (Å²) in [5.74, 6) is 2.14. The third-order valence-electron chi connectivity index (χ3n) is 7.82. The van der Waals surface area contributed by atoms with Gasteiger partial charge in [0.2, 0.25) is 0 Å². The molecule has 2 fully saturated rings. The van der Waals surface area contributed by atoms with E-state index in [2.05, 4.69) is 37.3 Å². The summed E-state index contributed by atoms with van der Waals surface area (Å²) in [7, 11) is 0. The van der Waals surface area contributed by atoms with Crippen LogP contribution in [0.3, 0.4) is 0 Å². The zero-order valence-corrected chi connectivity index (χ0v) is 20.9. The summed E-state index contributed by atoms with van der Waals surface area (Å²) in [6.07, 6.45) is 26.2. The summed E-state index contributed by atoms with van der Waals surface area (Å²) in [4.78, 5) is 0. The minimum absolute atomic E-state index is 0.455. The highest BCUT2D eigenvalue weighted by Crippen LogP contribution is 2.37. The number of unbranched alkanes of at least 4 members (excludes halogenated alkanes) is 4. The third kappa shape index (κ3) is 9.50. The van der Waals surface area contributed by atoms with Crippen LogP contribution in [0.15, 0.2) is 48.6 Å². The SMILES string of the molecule is CCCCCCCc1ccc([C@H]2CC[C@H](CO[C@H]3CC[C@H](C=CC=CC#N)CC3)CC2)cc1. The number of ether oxygens (including phenoxy) is 1. The lowest BCUT2D eigenvalue weighted by Crippen LogP contribution is -2.25. The monoisotopic (exact) mass is 447 g/mol. The zero-order valence-electron chi connectivity index (χ0n) is 20.9. The molecule has 0 radical (unpaired) electrons. The zero-order chi connectivity index (χ0) is 23.1. The second-order valence-corrected chi connectivity index (χ2v) is 10.4. The van der Waals surface area contributed by atoms with Gasteiger partial charge in [0, 0.05) is 12.7 Å². The highest BCUT2D eigenvalue weighted by molar-refractivity contribution is 5.26. The van der Waals surface area contributed by atoms with Gasteiger partial charge >= 0.3 is 0 Å². The fraction of sp³-hybridized carbons (Fsp3) is 0.645. The van der Waals surface area contributed by atoms with Crippen molar-refractivity contribution in [3.05, 3.63) is 59.7 Å². The molecule has 33 heavy (non-hydrogen) atoms. The van der Waals surface area contributed by atoms with Crippen molar-refractivity contribution in [2.75, 3.05) is 6.61 Å². The highest BCUT2D eigenvalue weighted by atomic mass is 16.5. The maximum atomic E-state index is 8.55. The third-order valence-corrected chi connectivity index (χ3v) is 7.82. The van der Waals surface area contributed by atoms with Crippen molar-refractivity contribution in [2.24, 2.45) is 11.8 Å². The van der Waals surface area contributed by atoms with Gasteiger partial charge in [-0.1, -0.05) is 75.1 Å². The van der Waals surface area contributed by atoms with Crippen LogP contribution in [0.2, 0.25) is 0 Å². The van der Waals surface area contributed by atoms with Crippen LogP contribution in [-0.2, 0) is 11.2 Å². The molecule has 2 aliphatic rings. The van der Waals surface area contributed by atoms with Crippen LogP contribution in [0.4, 0.5) is 0 Å². The van der Waals surface area contributed by atoms with Gasteiger partial charge in [-0.15, -0.1) is 0 Å². The van der Waals surface area contributed by atoms with E-state index < -0.39 is 0 Å². The molecule has 1 aromatic rings. The molecule has 180 valence electrons. The maximum Gasteiger partial charge on any atom is 0.0912 e. The molecule has 2 heteroatoms. The molecule has 0 N–H and O–H groups in total. The minimum Gasteiger partial charge on any atom is -0.378 e. The first-order chi connectivity index (χ1) is 16.3. The first kappa shape index (κ1) is 25.8. The Kier molecular flexibility index (Phi) is 11.8. The molecular weight excluding hydrogens is 402 g/mol. The van der Waals surface area contributed by atoms with Gasteiger partial charge in [0.05, 0.1) is 12.2 Å². The van der Waals surface area contributed by atoms with Crippen molar-refractivity contribution in [3.63, 3.8) is 0 Å². The van der Waals surface area contributed by atoms with Crippen LogP contribution >= 0.6 is 0 Å². The van der Waals surface area contributed by atoms with E-state index in [4.69, 9.17) is 10.00 Å². The normalized spacial score (nSPS) is 26.1. The Morgan fingerprint density at radius 2 is 1.61 bits per heavy atom. The summed E-state index contributed by atoms with van der Waals surface area (Å²) in [6, 6.07) is 11.6. The number of hydrogen-bond donors (Lipinski definition) is 0. The quantitative estimate of drug-likeness (QED) is 0.182. The van der Waals surface area contributed by atoms with Crippen molar-refractivity contribution >= 4 is 0 Å². The van der Waals surface area contributed by atoms with E-state index in [0.717, 1.165) is 18.4 Å². The molecule has 1 aromatic carbocycles. The van der Waals surface area contributed by atoms with E-state index in [-0.39, 0.29) is 0 Å². The van der Waals surface area contributed by atoms with Gasteiger partial charge in [0.25, 0.3) is 0 Å². The fourth-order valence-corrected chi connectivity index (χ4v) is 5.59. The largest absolute Gasteiger partial charge is 0.378 e. The molecule has 0 bridgehead atoms. The average molecular weight is 448 g/mol. The summed E-state index contributed by atoms with van der Waals surface area (Å²) in [5.41, 5.74) is 3.07. The van der Waals surface area contributed by atoms with Crippen molar-refractivity contribution < 1.29 is 4.74 Å². The van der Waals surface area contributed by atoms with Gasteiger partial charge in [-0.3, -0.25) is 0 Å². The molecule has 0 saturated heterocycles. The van der Waals surface area contributed by atoms with Gasteiger partial charge in [0.1, 0.15) is 0 Å². The Bertz CT molecular complexity index is 740. The van der Waals surface area contributed by atoms with Gasteiger partial charge in [-0.25, -0.2) is 0 Å². The molecular formula is C31H45NO. The summed E-state index contributed by atoms with van der Waals surface area (Å²) in [6.45, 7) is 3.24. The number of nitrogens with zero attached hydrogens (tertiary/aromatic N) is 1. The fourth-order valence-electron chi connectivity index (χ4n) is 5.59. The van der Waals surface area contributed by atoms with Crippen LogP contribution in [0.25, 0.3) is 0 Å². The first-order valence-electron chi connectivity index (χ1n) is 13.7. The Labute approximate surface area is 203 Å². The topological polar surface area (TPSA) is 33.0 Å². The predicted octanol–water partition coefficient (Wildman–Crippen LogP) is 8.68. The summed E-state index contributed by atoms with van der Waals surface area (Å²) in [5, 5.41) is 8.55. The van der Waals surface area contributed by atoms with Crippen LogP contribution in [0.5, 0.6) is 0 Å². The Hall–Kier alpha value is -1.85. The number of aryl methyl sites for hydroxylation is 1. The summed E-state index contributed by atoms with van der Waals surface area (Å²) >= 11 is 0. The van der Waals surface area contributed by atoms with Crippen molar-refractivity contribution in [3.8, 4) is 6.07 Å². The second kappa shape index (κ2) is 15.1. The molecule has 0 aliphatic heterocycles. The minimum atomic E-state index is 0.455. The van der Waals surface area contributed by atoms with Crippen molar-refractivity contribution in [1.82, 2.24) is 0 Å². The molecule has 0 unspecified atom stereocenters. The number of nitriles is 1. The molecule has 0 aromatic heterocycles. The number of rotatable bonds is 12. The Morgan fingerprint density at radius 1 is 0.879 bits per heavy atom. The van der Waals surface area contributed by atoms with E-state index in [1.807, 2.05) is 18.2 Å². The van der Waals surface area contributed by atoms with Crippen LogP contribution in [0.1, 0.15) is 107 Å². The Balaban J connectivity index is 1.29. The molecule has 3 rings (SSSR count). The first-order valence-corrected chi connectivity index (χ1v) is 13.7. The highest BCUT2D eigenvalue weighted by Gasteiger charge is 2.25. The lowest BCUT2D eigenvalue weighted by molar-refractivity contribution is -0.00456. The lowest BCUT2D eigenvalue weighted by atomic mass is 9.78. The molecule has 0 amide bonds. The van der Waals surface area contributed by atoms with Crippen molar-refractivity contribution in [1.29, 1.82) is 5.26 Å². The van der Waals surface area contributed by atoms with Gasteiger partial charge in [-0.05, 0) is 93.1 Å². The maximum absolute atomic E-state index is 8.55. The van der Waals surface area contributed by atoms with Gasteiger partial charge in [-0.2, -0.15) is 5.26 Å². The Morgan fingerprint density at radius 3 is 2.30 bits per heavy atom. The van der Waals surface area contributed by atoms with E-state index >= 15 is 0 Å². The number of benzene rings is 1. The van der Waals surface area contributed by atoms with Crippen LogP contribution in [-0.4, -0.2) is 12.7 Å². The molecule has 2 saturated carbocycles. The molecule has 2 aliphatic carbocycles. The van der Waals surface area contributed by atoms with Crippen LogP contribution in [0, 0.1) is 23.2 Å². The van der Waals surface area contributed by atoms with E-state index in [0.29, 0.717) is 12.0 Å². The molecule has 0 spiro atoms. The standard InChI is InChI=1S/C31H45NO/c1-2-3-4-5-7-10-26-12-18-29(19-13-26)30-20-14-28(15-21-30)25-33-31-22-16-27(17-23-31)11-8-6-9-24-32/h6,8-9,11-13,18-19,27-28,30-31H,2-5,7,10,14-17,20-23,25H2,1H3/t27-,28-,30-,31-. The van der Waals surface area contributed by atoms with Gasteiger partial charge < -0.3 is 4.74 Å². The number of allylic oxidation sites excluding steroid dienone is 4. The number of hydrogen-bond acceptors (Lipinski definition) is 2.